The van der Waals surface area contributed by atoms with Crippen molar-refractivity contribution in [3.8, 4) is 0 Å². The first-order valence-electron chi connectivity index (χ1n) is 7.46. The van der Waals surface area contributed by atoms with Gasteiger partial charge in [0.25, 0.3) is 0 Å². The van der Waals surface area contributed by atoms with Crippen molar-refractivity contribution < 1.29 is 9.84 Å². The number of ether oxygens (including phenoxy) is 1. The molecular formula is C17H22N2O2. The molecule has 1 saturated heterocycles. The lowest BCUT2D eigenvalue weighted by atomic mass is 9.88. The fourth-order valence-corrected chi connectivity index (χ4v) is 2.91. The number of nitrogens with zero attached hydrogens (tertiary/aromatic N) is 1. The molecule has 4 nitrogen and oxygen atoms in total. The largest absolute Gasteiger partial charge is 0.385 e. The summed E-state index contributed by atoms with van der Waals surface area (Å²) in [5.74, 6) is 0. The Hall–Kier alpha value is -1.49. The maximum Gasteiger partial charge on any atom is 0.0884 e. The summed E-state index contributed by atoms with van der Waals surface area (Å²) in [4.78, 5) is 4.50. The van der Waals surface area contributed by atoms with Crippen LogP contribution in [0.1, 0.15) is 24.6 Å². The SMILES string of the molecule is Cc1ccc2cc(C(C)(O)CC3COCCN3)ccc2n1. The van der Waals surface area contributed by atoms with Crippen LogP contribution in [0.3, 0.4) is 0 Å². The topological polar surface area (TPSA) is 54.4 Å². The van der Waals surface area contributed by atoms with E-state index >= 15 is 0 Å². The van der Waals surface area contributed by atoms with Gasteiger partial charge in [-0.05, 0) is 44.0 Å². The van der Waals surface area contributed by atoms with Crippen LogP contribution in [0.5, 0.6) is 0 Å². The van der Waals surface area contributed by atoms with Gasteiger partial charge in [0.2, 0.25) is 0 Å². The summed E-state index contributed by atoms with van der Waals surface area (Å²) in [5.41, 5.74) is 2.02. The molecule has 21 heavy (non-hydrogen) atoms. The number of fused-ring (bicyclic) bond motifs is 1. The quantitative estimate of drug-likeness (QED) is 0.907. The summed E-state index contributed by atoms with van der Waals surface area (Å²) in [6.07, 6.45) is 0.637. The average molecular weight is 286 g/mol. The van der Waals surface area contributed by atoms with Crippen LogP contribution in [-0.4, -0.2) is 35.9 Å². The van der Waals surface area contributed by atoms with Crippen LogP contribution in [0.25, 0.3) is 10.9 Å². The highest BCUT2D eigenvalue weighted by atomic mass is 16.5. The highest BCUT2D eigenvalue weighted by molar-refractivity contribution is 5.79. The third kappa shape index (κ3) is 3.23. The molecule has 0 saturated carbocycles. The van der Waals surface area contributed by atoms with Gasteiger partial charge in [-0.3, -0.25) is 4.98 Å². The third-order valence-electron chi connectivity index (χ3n) is 4.09. The van der Waals surface area contributed by atoms with Crippen molar-refractivity contribution in [2.24, 2.45) is 0 Å². The predicted octanol–water partition coefficient (Wildman–Crippen LogP) is 2.13. The third-order valence-corrected chi connectivity index (χ3v) is 4.09. The molecule has 2 N–H and O–H groups in total. The summed E-state index contributed by atoms with van der Waals surface area (Å²) < 4.78 is 5.46. The zero-order chi connectivity index (χ0) is 14.9. The fraction of sp³-hybridized carbons (Fsp3) is 0.471. The molecule has 0 bridgehead atoms. The van der Waals surface area contributed by atoms with E-state index < -0.39 is 5.60 Å². The van der Waals surface area contributed by atoms with Crippen molar-refractivity contribution >= 4 is 10.9 Å². The molecule has 3 rings (SSSR count). The minimum atomic E-state index is -0.878. The fourth-order valence-electron chi connectivity index (χ4n) is 2.91. The van der Waals surface area contributed by atoms with E-state index in [9.17, 15) is 5.11 Å². The van der Waals surface area contributed by atoms with Gasteiger partial charge < -0.3 is 15.2 Å². The molecule has 4 heteroatoms. The highest BCUT2D eigenvalue weighted by Gasteiger charge is 2.28. The number of benzene rings is 1. The van der Waals surface area contributed by atoms with Crippen LogP contribution >= 0.6 is 0 Å². The molecule has 1 aromatic heterocycles. The Bertz CT molecular complexity index is 634. The molecule has 2 unspecified atom stereocenters. The van der Waals surface area contributed by atoms with Crippen molar-refractivity contribution in [1.29, 1.82) is 0 Å². The summed E-state index contributed by atoms with van der Waals surface area (Å²) in [6.45, 7) is 6.11. The van der Waals surface area contributed by atoms with Crippen LogP contribution in [0.4, 0.5) is 0 Å². The second kappa shape index (κ2) is 5.72. The van der Waals surface area contributed by atoms with Crippen molar-refractivity contribution in [1.82, 2.24) is 10.3 Å². The molecule has 2 heterocycles. The monoisotopic (exact) mass is 286 g/mol. The Balaban J connectivity index is 1.85. The van der Waals surface area contributed by atoms with E-state index in [1.807, 2.05) is 38.1 Å². The van der Waals surface area contributed by atoms with Gasteiger partial charge in [-0.1, -0.05) is 12.1 Å². The number of pyridine rings is 1. The molecule has 1 aliphatic rings. The predicted molar refractivity (Wildman–Crippen MR) is 83.3 cm³/mol. The number of aliphatic hydroxyl groups is 1. The van der Waals surface area contributed by atoms with Gasteiger partial charge in [0.15, 0.2) is 0 Å². The summed E-state index contributed by atoms with van der Waals surface area (Å²) in [6, 6.07) is 10.2. The molecule has 1 aromatic carbocycles. The van der Waals surface area contributed by atoms with Gasteiger partial charge in [0.1, 0.15) is 0 Å². The van der Waals surface area contributed by atoms with Crippen molar-refractivity contribution in [2.75, 3.05) is 19.8 Å². The maximum absolute atomic E-state index is 10.8. The van der Waals surface area contributed by atoms with Crippen LogP contribution in [-0.2, 0) is 10.3 Å². The van der Waals surface area contributed by atoms with Gasteiger partial charge in [0, 0.05) is 23.7 Å². The Kier molecular flexibility index (Phi) is 3.93. The number of hydrogen-bond donors (Lipinski definition) is 2. The second-order valence-electron chi connectivity index (χ2n) is 6.06. The minimum absolute atomic E-state index is 0.195. The smallest absolute Gasteiger partial charge is 0.0884 e. The molecule has 112 valence electrons. The van der Waals surface area contributed by atoms with E-state index in [-0.39, 0.29) is 6.04 Å². The number of aryl methyl sites for hydroxylation is 1. The Morgan fingerprint density at radius 2 is 2.24 bits per heavy atom. The van der Waals surface area contributed by atoms with Crippen LogP contribution in [0.2, 0.25) is 0 Å². The summed E-state index contributed by atoms with van der Waals surface area (Å²) in [5, 5.41) is 15.3. The number of nitrogens with one attached hydrogen (secondary N) is 1. The molecule has 2 atom stereocenters. The Labute approximate surface area is 125 Å². The first-order valence-corrected chi connectivity index (χ1v) is 7.46. The molecule has 0 amide bonds. The standard InChI is InChI=1S/C17H22N2O2/c1-12-3-4-13-9-14(5-6-16(13)19-12)17(2,20)10-15-11-21-8-7-18-15/h3-6,9,15,18,20H,7-8,10-11H2,1-2H3. The first-order chi connectivity index (χ1) is 10.0. The van der Waals surface area contributed by atoms with Crippen LogP contribution < -0.4 is 5.32 Å². The normalized spacial score (nSPS) is 22.1. The molecular weight excluding hydrogens is 264 g/mol. The number of hydrogen-bond acceptors (Lipinski definition) is 4. The number of morpholine rings is 1. The lowest BCUT2D eigenvalue weighted by Gasteiger charge is -2.32. The van der Waals surface area contributed by atoms with Gasteiger partial charge in [-0.15, -0.1) is 0 Å². The van der Waals surface area contributed by atoms with E-state index in [4.69, 9.17) is 4.74 Å². The number of rotatable bonds is 3. The second-order valence-corrected chi connectivity index (χ2v) is 6.06. The van der Waals surface area contributed by atoms with E-state index in [0.717, 1.165) is 35.3 Å². The molecule has 0 radical (unpaired) electrons. The van der Waals surface area contributed by atoms with Crippen molar-refractivity contribution in [3.05, 3.63) is 41.6 Å². The van der Waals surface area contributed by atoms with Crippen LogP contribution in [0.15, 0.2) is 30.3 Å². The maximum atomic E-state index is 10.8. The van der Waals surface area contributed by atoms with Gasteiger partial charge in [-0.2, -0.15) is 0 Å². The molecule has 0 spiro atoms. The van der Waals surface area contributed by atoms with E-state index in [0.29, 0.717) is 13.0 Å². The van der Waals surface area contributed by atoms with Crippen molar-refractivity contribution in [2.45, 2.75) is 31.9 Å². The zero-order valence-electron chi connectivity index (χ0n) is 12.6. The Morgan fingerprint density at radius 3 is 3.00 bits per heavy atom. The Morgan fingerprint density at radius 1 is 1.38 bits per heavy atom. The lowest BCUT2D eigenvalue weighted by Crippen LogP contribution is -2.45. The number of aromatic nitrogens is 1. The average Bonchev–Trinajstić information content (AvgIpc) is 2.47. The zero-order valence-corrected chi connectivity index (χ0v) is 12.6. The van der Waals surface area contributed by atoms with Crippen molar-refractivity contribution in [3.63, 3.8) is 0 Å². The van der Waals surface area contributed by atoms with E-state index in [1.165, 1.54) is 0 Å². The van der Waals surface area contributed by atoms with Gasteiger partial charge in [0.05, 0.1) is 24.3 Å². The van der Waals surface area contributed by atoms with Crippen LogP contribution in [0, 0.1) is 6.92 Å². The van der Waals surface area contributed by atoms with E-state index in [2.05, 4.69) is 16.4 Å². The highest BCUT2D eigenvalue weighted by Crippen LogP contribution is 2.29. The molecule has 1 fully saturated rings. The molecule has 1 aliphatic heterocycles. The summed E-state index contributed by atoms with van der Waals surface area (Å²) in [7, 11) is 0. The van der Waals surface area contributed by atoms with Gasteiger partial charge in [-0.25, -0.2) is 0 Å². The lowest BCUT2D eigenvalue weighted by molar-refractivity contribution is 0.00330. The van der Waals surface area contributed by atoms with E-state index in [1.54, 1.807) is 0 Å². The molecule has 2 aromatic rings. The first kappa shape index (κ1) is 14.4. The van der Waals surface area contributed by atoms with Gasteiger partial charge >= 0.3 is 0 Å². The minimum Gasteiger partial charge on any atom is -0.385 e. The molecule has 0 aliphatic carbocycles. The summed E-state index contributed by atoms with van der Waals surface area (Å²) >= 11 is 0.